The lowest BCUT2D eigenvalue weighted by Gasteiger charge is -2.25. The zero-order chi connectivity index (χ0) is 12.8. The molecule has 0 aromatic heterocycles. The molecule has 1 heterocycles. The molecule has 0 saturated heterocycles. The van der Waals surface area contributed by atoms with Crippen LogP contribution in [0.1, 0.15) is 30.9 Å². The Hall–Kier alpha value is -1.35. The van der Waals surface area contributed by atoms with Crippen LogP contribution < -0.4 is 5.73 Å². The molecule has 1 aromatic carbocycles. The second-order valence-corrected chi connectivity index (χ2v) is 5.62. The van der Waals surface area contributed by atoms with Gasteiger partial charge in [-0.15, -0.1) is 0 Å². The van der Waals surface area contributed by atoms with Crippen LogP contribution in [-0.2, 0) is 5.41 Å². The van der Waals surface area contributed by atoms with E-state index in [4.69, 9.17) is 5.73 Å². The van der Waals surface area contributed by atoms with Crippen LogP contribution in [0.4, 0.5) is 0 Å². The zero-order valence-corrected chi connectivity index (χ0v) is 11.2. The highest BCUT2D eigenvalue weighted by Crippen LogP contribution is 2.51. The molecular weight excluding hydrogens is 222 g/mol. The number of benzene rings is 1. The summed E-state index contributed by atoms with van der Waals surface area (Å²) in [5.41, 5.74) is 9.09. The highest BCUT2D eigenvalue weighted by molar-refractivity contribution is 6.01. The predicted octanol–water partition coefficient (Wildman–Crippen LogP) is 1.76. The molecule has 0 amide bonds. The van der Waals surface area contributed by atoms with Gasteiger partial charge in [0.2, 0.25) is 0 Å². The van der Waals surface area contributed by atoms with E-state index >= 15 is 0 Å². The normalized spacial score (nSPS) is 22.8. The molecule has 18 heavy (non-hydrogen) atoms. The van der Waals surface area contributed by atoms with Gasteiger partial charge in [-0.25, -0.2) is 0 Å². The number of nitrogens with zero attached hydrogens (tertiary/aromatic N) is 2. The highest BCUT2D eigenvalue weighted by atomic mass is 15.2. The first-order valence-corrected chi connectivity index (χ1v) is 6.76. The third-order valence-corrected chi connectivity index (χ3v) is 4.42. The van der Waals surface area contributed by atoms with Gasteiger partial charge in [-0.2, -0.15) is 0 Å². The third kappa shape index (κ3) is 1.65. The monoisotopic (exact) mass is 243 g/mol. The van der Waals surface area contributed by atoms with Crippen molar-refractivity contribution in [2.45, 2.75) is 31.2 Å². The van der Waals surface area contributed by atoms with E-state index in [9.17, 15) is 0 Å². The topological polar surface area (TPSA) is 41.6 Å². The number of rotatable bonds is 3. The summed E-state index contributed by atoms with van der Waals surface area (Å²) in [6, 6.07) is 8.87. The van der Waals surface area contributed by atoms with Gasteiger partial charge in [0.25, 0.3) is 0 Å². The van der Waals surface area contributed by atoms with E-state index < -0.39 is 0 Å². The van der Waals surface area contributed by atoms with Gasteiger partial charge in [-0.1, -0.05) is 24.3 Å². The number of likely N-dealkylation sites (N-methyl/N-ethyl adjacent to an activating group) is 1. The van der Waals surface area contributed by atoms with Gasteiger partial charge in [-0.3, -0.25) is 4.99 Å². The number of amidine groups is 1. The largest absolute Gasteiger partial charge is 0.358 e. The summed E-state index contributed by atoms with van der Waals surface area (Å²) in [5, 5.41) is 0. The molecule has 3 nitrogen and oxygen atoms in total. The first-order chi connectivity index (χ1) is 8.65. The lowest BCUT2D eigenvalue weighted by Crippen LogP contribution is -2.34. The van der Waals surface area contributed by atoms with Gasteiger partial charge < -0.3 is 10.6 Å². The van der Waals surface area contributed by atoms with Crippen molar-refractivity contribution < 1.29 is 0 Å². The minimum atomic E-state index is 0.197. The van der Waals surface area contributed by atoms with Crippen molar-refractivity contribution in [3.63, 3.8) is 0 Å². The molecule has 0 bridgehead atoms. The van der Waals surface area contributed by atoms with Crippen molar-refractivity contribution >= 4 is 5.84 Å². The van der Waals surface area contributed by atoms with Crippen molar-refractivity contribution in [3.05, 3.63) is 35.4 Å². The van der Waals surface area contributed by atoms with Crippen molar-refractivity contribution in [1.29, 1.82) is 0 Å². The molecule has 3 rings (SSSR count). The van der Waals surface area contributed by atoms with Crippen LogP contribution in [0.25, 0.3) is 0 Å². The molecule has 2 N–H and O–H groups in total. The maximum absolute atomic E-state index is 6.21. The third-order valence-electron chi connectivity index (χ3n) is 4.42. The Kier molecular flexibility index (Phi) is 2.67. The lowest BCUT2D eigenvalue weighted by molar-refractivity contribution is 0.543. The van der Waals surface area contributed by atoms with Gasteiger partial charge in [0.15, 0.2) is 0 Å². The highest BCUT2D eigenvalue weighted by Gasteiger charge is 2.49. The molecule has 1 atom stereocenters. The van der Waals surface area contributed by atoms with Crippen molar-refractivity contribution in [2.75, 3.05) is 20.1 Å². The van der Waals surface area contributed by atoms with E-state index in [1.165, 1.54) is 24.0 Å². The molecule has 1 aliphatic heterocycles. The fourth-order valence-electron chi connectivity index (χ4n) is 3.04. The van der Waals surface area contributed by atoms with Crippen LogP contribution in [0.5, 0.6) is 0 Å². The number of nitrogens with two attached hydrogens (primary N) is 1. The number of aliphatic imine (C=N–C) groups is 1. The Labute approximate surface area is 109 Å². The average molecular weight is 243 g/mol. The minimum absolute atomic E-state index is 0.197. The van der Waals surface area contributed by atoms with Gasteiger partial charge in [0.1, 0.15) is 5.84 Å². The molecule has 0 spiro atoms. The first kappa shape index (κ1) is 11.7. The summed E-state index contributed by atoms with van der Waals surface area (Å²) in [5.74, 6) is 1.14. The van der Waals surface area contributed by atoms with Crippen molar-refractivity contribution in [1.82, 2.24) is 4.90 Å². The molecule has 1 fully saturated rings. The van der Waals surface area contributed by atoms with Crippen molar-refractivity contribution in [3.8, 4) is 0 Å². The van der Waals surface area contributed by atoms with E-state index in [1.807, 2.05) is 0 Å². The van der Waals surface area contributed by atoms with Gasteiger partial charge in [0.05, 0.1) is 6.54 Å². The summed E-state index contributed by atoms with van der Waals surface area (Å²) < 4.78 is 0. The first-order valence-electron chi connectivity index (χ1n) is 6.76. The van der Waals surface area contributed by atoms with Gasteiger partial charge in [0, 0.05) is 30.6 Å². The van der Waals surface area contributed by atoms with Crippen LogP contribution in [0.2, 0.25) is 0 Å². The summed E-state index contributed by atoms with van der Waals surface area (Å²) in [7, 11) is 2.12. The average Bonchev–Trinajstić information content (AvgIpc) is 3.07. The molecule has 2 aliphatic rings. The molecule has 1 aromatic rings. The fourth-order valence-corrected chi connectivity index (χ4v) is 3.04. The predicted molar refractivity (Wildman–Crippen MR) is 75.0 cm³/mol. The Morgan fingerprint density at radius 1 is 1.33 bits per heavy atom. The SMILES string of the molecule is CC(N)C1(c2ccccc2C2=NCCN2C)CC1. The molecule has 1 unspecified atom stereocenters. The van der Waals surface area contributed by atoms with Crippen LogP contribution in [0.15, 0.2) is 29.3 Å². The minimum Gasteiger partial charge on any atom is -0.358 e. The number of hydrogen-bond donors (Lipinski definition) is 1. The number of hydrogen-bond acceptors (Lipinski definition) is 3. The smallest absolute Gasteiger partial charge is 0.131 e. The summed E-state index contributed by atoms with van der Waals surface area (Å²) in [4.78, 5) is 6.90. The standard InChI is InChI=1S/C15H21N3/c1-11(16)15(7-8-15)13-6-4-3-5-12(13)14-17-9-10-18(14)2/h3-6,11H,7-10,16H2,1-2H3. The summed E-state index contributed by atoms with van der Waals surface area (Å²) >= 11 is 0. The Morgan fingerprint density at radius 3 is 2.61 bits per heavy atom. The maximum Gasteiger partial charge on any atom is 0.131 e. The van der Waals surface area contributed by atoms with E-state index in [0.717, 1.165) is 18.9 Å². The molecule has 96 valence electrons. The molecule has 1 saturated carbocycles. The summed E-state index contributed by atoms with van der Waals surface area (Å²) in [6.07, 6.45) is 2.41. The fraction of sp³-hybridized carbons (Fsp3) is 0.533. The molecule has 0 radical (unpaired) electrons. The van der Waals surface area contributed by atoms with Crippen LogP contribution in [0, 0.1) is 0 Å². The second kappa shape index (κ2) is 4.09. The maximum atomic E-state index is 6.21. The van der Waals surface area contributed by atoms with Crippen LogP contribution >= 0.6 is 0 Å². The second-order valence-electron chi connectivity index (χ2n) is 5.62. The van der Waals surface area contributed by atoms with E-state index in [1.54, 1.807) is 0 Å². The van der Waals surface area contributed by atoms with Gasteiger partial charge >= 0.3 is 0 Å². The van der Waals surface area contributed by atoms with Crippen LogP contribution in [0.3, 0.4) is 0 Å². The zero-order valence-electron chi connectivity index (χ0n) is 11.2. The quantitative estimate of drug-likeness (QED) is 0.879. The van der Waals surface area contributed by atoms with E-state index in [-0.39, 0.29) is 11.5 Å². The Bertz CT molecular complexity index is 486. The van der Waals surface area contributed by atoms with E-state index in [0.29, 0.717) is 0 Å². The lowest BCUT2D eigenvalue weighted by atomic mass is 9.85. The molecular formula is C15H21N3. The Balaban J connectivity index is 2.06. The molecule has 3 heteroatoms. The van der Waals surface area contributed by atoms with Gasteiger partial charge in [-0.05, 0) is 25.3 Å². The molecule has 1 aliphatic carbocycles. The van der Waals surface area contributed by atoms with Crippen LogP contribution in [-0.4, -0.2) is 36.9 Å². The Morgan fingerprint density at radius 2 is 2.06 bits per heavy atom. The van der Waals surface area contributed by atoms with Crippen molar-refractivity contribution in [2.24, 2.45) is 10.7 Å². The summed E-state index contributed by atoms with van der Waals surface area (Å²) in [6.45, 7) is 4.06. The van der Waals surface area contributed by atoms with E-state index in [2.05, 4.69) is 48.1 Å².